The van der Waals surface area contributed by atoms with Crippen molar-refractivity contribution >= 4 is 0 Å². The first kappa shape index (κ1) is 18.2. The van der Waals surface area contributed by atoms with Crippen LogP contribution in [-0.4, -0.2) is 0 Å². The predicted molar refractivity (Wildman–Crippen MR) is 88.8 cm³/mol. The molecular formula is C19H34. The van der Waals surface area contributed by atoms with Gasteiger partial charge in [0.1, 0.15) is 0 Å². The summed E-state index contributed by atoms with van der Waals surface area (Å²) in [5.74, 6) is 0.659. The number of hydrogen-bond acceptors (Lipinski definition) is 0. The summed E-state index contributed by atoms with van der Waals surface area (Å²) in [7, 11) is 0. The van der Waals surface area contributed by atoms with Gasteiger partial charge in [-0.3, -0.25) is 0 Å². The van der Waals surface area contributed by atoms with Crippen LogP contribution in [0.5, 0.6) is 0 Å². The molecule has 0 bridgehead atoms. The normalized spacial score (nSPS) is 10.2. The fraction of sp³-hybridized carbons (Fsp3) is 0.684. The third-order valence-electron chi connectivity index (χ3n) is 3.42. The van der Waals surface area contributed by atoms with Gasteiger partial charge in [0.05, 0.1) is 0 Å². The molecule has 0 aliphatic rings. The number of hydrogen-bond donors (Lipinski definition) is 0. The van der Waals surface area contributed by atoms with E-state index in [1.165, 1.54) is 56.9 Å². The number of unbranched alkanes of at least 4 members (excludes halogenated alkanes) is 7. The summed E-state index contributed by atoms with van der Waals surface area (Å²) in [5, 5.41) is 0. The Hall–Kier alpha value is -0.780. The first-order valence-corrected chi connectivity index (χ1v) is 8.27. The van der Waals surface area contributed by atoms with E-state index in [1.807, 2.05) is 6.07 Å². The molecule has 0 nitrogen and oxygen atoms in total. The third-order valence-corrected chi connectivity index (χ3v) is 3.42. The summed E-state index contributed by atoms with van der Waals surface area (Å²) < 4.78 is 0. The minimum atomic E-state index is 0.659. The zero-order chi connectivity index (χ0) is 14.3. The lowest BCUT2D eigenvalue weighted by Gasteiger charge is -2.01. The van der Waals surface area contributed by atoms with Crippen molar-refractivity contribution in [3.63, 3.8) is 0 Å². The number of rotatable bonds is 8. The summed E-state index contributed by atoms with van der Waals surface area (Å²) in [4.78, 5) is 0. The predicted octanol–water partition coefficient (Wildman–Crippen LogP) is 6.96. The molecule has 0 heterocycles. The second-order valence-electron chi connectivity index (χ2n) is 5.69. The van der Waals surface area contributed by atoms with E-state index in [4.69, 9.17) is 0 Å². The molecule has 0 radical (unpaired) electrons. The Labute approximate surface area is 121 Å². The van der Waals surface area contributed by atoms with Crippen molar-refractivity contribution in [3.05, 3.63) is 35.9 Å². The maximum absolute atomic E-state index is 2.27. The van der Waals surface area contributed by atoms with Gasteiger partial charge in [-0.25, -0.2) is 0 Å². The average Bonchev–Trinajstić information content (AvgIpc) is 2.44. The van der Waals surface area contributed by atoms with Crippen LogP contribution < -0.4 is 0 Å². The minimum absolute atomic E-state index is 0.659. The lowest BCUT2D eigenvalue weighted by atomic mass is 10.0. The molecule has 0 atom stereocenters. The van der Waals surface area contributed by atoms with Crippen LogP contribution in [0, 0.1) is 0 Å². The highest BCUT2D eigenvalue weighted by Gasteiger charge is 1.93. The first-order chi connectivity index (χ1) is 9.22. The Balaban J connectivity index is 0.000000342. The van der Waals surface area contributed by atoms with Gasteiger partial charge >= 0.3 is 0 Å². The Morgan fingerprint density at radius 1 is 0.684 bits per heavy atom. The van der Waals surface area contributed by atoms with E-state index in [1.54, 1.807) is 0 Å². The van der Waals surface area contributed by atoms with Crippen molar-refractivity contribution in [2.45, 2.75) is 85.0 Å². The monoisotopic (exact) mass is 262 g/mol. The maximum Gasteiger partial charge on any atom is -0.0219 e. The van der Waals surface area contributed by atoms with Crippen molar-refractivity contribution in [3.8, 4) is 0 Å². The SMILES string of the molecule is CC(C)c1ccccc1.CCCCCCCCCC. The van der Waals surface area contributed by atoms with Gasteiger partial charge in [0.15, 0.2) is 0 Å². The van der Waals surface area contributed by atoms with E-state index in [2.05, 4.69) is 52.0 Å². The molecule has 0 saturated heterocycles. The summed E-state index contributed by atoms with van der Waals surface area (Å²) in [5.41, 5.74) is 1.41. The van der Waals surface area contributed by atoms with E-state index in [9.17, 15) is 0 Å². The Morgan fingerprint density at radius 2 is 1.11 bits per heavy atom. The van der Waals surface area contributed by atoms with Crippen molar-refractivity contribution in [1.29, 1.82) is 0 Å². The smallest absolute Gasteiger partial charge is 0.0219 e. The molecule has 19 heavy (non-hydrogen) atoms. The fourth-order valence-electron chi connectivity index (χ4n) is 2.05. The zero-order valence-electron chi connectivity index (χ0n) is 13.6. The van der Waals surface area contributed by atoms with Crippen LogP contribution in [0.1, 0.15) is 90.5 Å². The molecule has 0 spiro atoms. The molecule has 0 aromatic heterocycles. The number of benzene rings is 1. The average molecular weight is 262 g/mol. The van der Waals surface area contributed by atoms with Gasteiger partial charge in [-0.05, 0) is 11.5 Å². The lowest BCUT2D eigenvalue weighted by Crippen LogP contribution is -1.83. The third kappa shape index (κ3) is 12.0. The second kappa shape index (κ2) is 13.6. The summed E-state index contributed by atoms with van der Waals surface area (Å²) in [6.07, 6.45) is 11.5. The highest BCUT2D eigenvalue weighted by atomic mass is 14.0. The van der Waals surface area contributed by atoms with Gasteiger partial charge in [-0.15, -0.1) is 0 Å². The van der Waals surface area contributed by atoms with Crippen molar-refractivity contribution in [2.75, 3.05) is 0 Å². The summed E-state index contributed by atoms with van der Waals surface area (Å²) in [6, 6.07) is 10.5. The summed E-state index contributed by atoms with van der Waals surface area (Å²) >= 11 is 0. The van der Waals surface area contributed by atoms with Crippen LogP contribution in [0.25, 0.3) is 0 Å². The van der Waals surface area contributed by atoms with Gasteiger partial charge in [0, 0.05) is 0 Å². The van der Waals surface area contributed by atoms with Crippen molar-refractivity contribution < 1.29 is 0 Å². The Kier molecular flexibility index (Phi) is 13.1. The fourth-order valence-corrected chi connectivity index (χ4v) is 2.05. The molecule has 0 aliphatic heterocycles. The van der Waals surface area contributed by atoms with E-state index >= 15 is 0 Å². The Bertz CT molecular complexity index is 253. The standard InChI is InChI=1S/C10H22.C9H12/c1-3-5-7-9-10-8-6-4-2;1-8(2)9-6-4-3-5-7-9/h3-10H2,1-2H3;3-8H,1-2H3. The van der Waals surface area contributed by atoms with Crippen LogP contribution >= 0.6 is 0 Å². The highest BCUT2D eigenvalue weighted by Crippen LogP contribution is 2.11. The second-order valence-corrected chi connectivity index (χ2v) is 5.69. The van der Waals surface area contributed by atoms with E-state index in [0.717, 1.165) is 0 Å². The molecule has 1 aromatic carbocycles. The molecule has 0 aliphatic carbocycles. The molecule has 1 aromatic rings. The van der Waals surface area contributed by atoms with Gasteiger partial charge in [-0.1, -0.05) is 109 Å². The van der Waals surface area contributed by atoms with Crippen LogP contribution in [0.15, 0.2) is 30.3 Å². The molecule has 0 saturated carbocycles. The van der Waals surface area contributed by atoms with Crippen molar-refractivity contribution in [1.82, 2.24) is 0 Å². The zero-order valence-corrected chi connectivity index (χ0v) is 13.6. The largest absolute Gasteiger partial charge is 0.0654 e. The molecule has 0 heteroatoms. The lowest BCUT2D eigenvalue weighted by molar-refractivity contribution is 0.585. The van der Waals surface area contributed by atoms with Crippen molar-refractivity contribution in [2.24, 2.45) is 0 Å². The maximum atomic E-state index is 2.27. The summed E-state index contributed by atoms with van der Waals surface area (Å²) in [6.45, 7) is 8.95. The van der Waals surface area contributed by atoms with E-state index in [-0.39, 0.29) is 0 Å². The molecule has 1 rings (SSSR count). The van der Waals surface area contributed by atoms with Crippen LogP contribution in [0.3, 0.4) is 0 Å². The highest BCUT2D eigenvalue weighted by molar-refractivity contribution is 5.17. The quantitative estimate of drug-likeness (QED) is 0.444. The molecule has 0 N–H and O–H groups in total. The van der Waals surface area contributed by atoms with E-state index < -0.39 is 0 Å². The topological polar surface area (TPSA) is 0 Å². The van der Waals surface area contributed by atoms with Crippen LogP contribution in [-0.2, 0) is 0 Å². The van der Waals surface area contributed by atoms with Gasteiger partial charge in [0.25, 0.3) is 0 Å². The molecule has 0 unspecified atom stereocenters. The Morgan fingerprint density at radius 3 is 1.42 bits per heavy atom. The first-order valence-electron chi connectivity index (χ1n) is 8.27. The molecular weight excluding hydrogens is 228 g/mol. The molecule has 0 amide bonds. The molecule has 0 fully saturated rings. The van der Waals surface area contributed by atoms with Crippen LogP contribution in [0.4, 0.5) is 0 Å². The van der Waals surface area contributed by atoms with Gasteiger partial charge in [0.2, 0.25) is 0 Å². The van der Waals surface area contributed by atoms with Gasteiger partial charge < -0.3 is 0 Å². The minimum Gasteiger partial charge on any atom is -0.0654 e. The van der Waals surface area contributed by atoms with Crippen LogP contribution in [0.2, 0.25) is 0 Å². The molecule has 110 valence electrons. The van der Waals surface area contributed by atoms with Gasteiger partial charge in [-0.2, -0.15) is 0 Å². The van der Waals surface area contributed by atoms with E-state index in [0.29, 0.717) is 5.92 Å².